The molecule has 178 valence electrons. The third-order valence-electron chi connectivity index (χ3n) is 7.35. The highest BCUT2D eigenvalue weighted by molar-refractivity contribution is 6.14. The van der Waals surface area contributed by atoms with E-state index in [0.717, 1.165) is 16.7 Å². The summed E-state index contributed by atoms with van der Waals surface area (Å²) in [6.45, 7) is 7.50. The van der Waals surface area contributed by atoms with Crippen LogP contribution in [0.25, 0.3) is 0 Å². The van der Waals surface area contributed by atoms with Crippen molar-refractivity contribution in [1.82, 2.24) is 4.90 Å². The van der Waals surface area contributed by atoms with Gasteiger partial charge in [0.15, 0.2) is 0 Å². The van der Waals surface area contributed by atoms with E-state index in [1.54, 1.807) is 44.1 Å². The SMILES string of the molecule is CCOC(=O)[C@H]1[C@H]2COc3cc(OC)ccc3[C@@H]2N2C(=O)c3c(C)cc(C)cc3NC(=O)[C@@]12C. The Balaban J connectivity index is 1.76. The molecule has 8 nitrogen and oxygen atoms in total. The lowest BCUT2D eigenvalue weighted by Crippen LogP contribution is -2.57. The van der Waals surface area contributed by atoms with Gasteiger partial charge in [-0.1, -0.05) is 6.07 Å². The second-order valence-electron chi connectivity index (χ2n) is 9.33. The highest BCUT2D eigenvalue weighted by Crippen LogP contribution is 2.57. The van der Waals surface area contributed by atoms with E-state index >= 15 is 0 Å². The number of hydrogen-bond acceptors (Lipinski definition) is 6. The third-order valence-corrected chi connectivity index (χ3v) is 7.35. The predicted octanol–water partition coefficient (Wildman–Crippen LogP) is 3.41. The normalized spacial score (nSPS) is 26.9. The van der Waals surface area contributed by atoms with Crippen molar-refractivity contribution in [2.45, 2.75) is 39.3 Å². The minimum atomic E-state index is -1.47. The lowest BCUT2D eigenvalue weighted by Gasteiger charge is -2.38. The molecule has 0 bridgehead atoms. The summed E-state index contributed by atoms with van der Waals surface area (Å²) in [4.78, 5) is 43.0. The number of fused-ring (bicyclic) bond motifs is 6. The van der Waals surface area contributed by atoms with Crippen molar-refractivity contribution in [2.75, 3.05) is 25.6 Å². The molecule has 4 atom stereocenters. The Bertz CT molecular complexity index is 1220. The molecule has 8 heteroatoms. The molecule has 0 spiro atoms. The van der Waals surface area contributed by atoms with Gasteiger partial charge in [0.25, 0.3) is 11.8 Å². The van der Waals surface area contributed by atoms with Gasteiger partial charge in [-0.05, 0) is 57.0 Å². The number of amides is 2. The minimum Gasteiger partial charge on any atom is -0.497 e. The summed E-state index contributed by atoms with van der Waals surface area (Å²) in [7, 11) is 1.57. The van der Waals surface area contributed by atoms with Crippen molar-refractivity contribution >= 4 is 23.5 Å². The van der Waals surface area contributed by atoms with Crippen LogP contribution in [0.5, 0.6) is 11.5 Å². The van der Waals surface area contributed by atoms with E-state index in [2.05, 4.69) is 5.32 Å². The summed E-state index contributed by atoms with van der Waals surface area (Å²) < 4.78 is 16.8. The Kier molecular flexibility index (Phi) is 5.07. The van der Waals surface area contributed by atoms with E-state index in [1.165, 1.54) is 0 Å². The minimum absolute atomic E-state index is 0.167. The van der Waals surface area contributed by atoms with Gasteiger partial charge >= 0.3 is 5.97 Å². The highest BCUT2D eigenvalue weighted by Gasteiger charge is 2.67. The smallest absolute Gasteiger partial charge is 0.312 e. The monoisotopic (exact) mass is 464 g/mol. The largest absolute Gasteiger partial charge is 0.497 e. The van der Waals surface area contributed by atoms with Crippen LogP contribution in [-0.4, -0.2) is 48.5 Å². The summed E-state index contributed by atoms with van der Waals surface area (Å²) in [6.07, 6.45) is 0. The molecule has 3 aliphatic rings. The van der Waals surface area contributed by atoms with E-state index in [0.29, 0.717) is 22.7 Å². The average molecular weight is 465 g/mol. The number of esters is 1. The zero-order valence-electron chi connectivity index (χ0n) is 19.9. The molecule has 0 unspecified atom stereocenters. The molecule has 34 heavy (non-hydrogen) atoms. The number of anilines is 1. The maximum Gasteiger partial charge on any atom is 0.312 e. The summed E-state index contributed by atoms with van der Waals surface area (Å²) in [5.41, 5.74) is 1.87. The van der Waals surface area contributed by atoms with E-state index in [4.69, 9.17) is 14.2 Å². The Morgan fingerprint density at radius 1 is 1.24 bits per heavy atom. The van der Waals surface area contributed by atoms with Crippen LogP contribution in [0.4, 0.5) is 5.69 Å². The van der Waals surface area contributed by atoms with Gasteiger partial charge in [0.1, 0.15) is 17.0 Å². The number of hydrogen-bond donors (Lipinski definition) is 1. The molecule has 0 aliphatic carbocycles. The van der Waals surface area contributed by atoms with Crippen molar-refractivity contribution in [3.05, 3.63) is 52.6 Å². The molecule has 2 aromatic carbocycles. The average Bonchev–Trinajstić information content (AvgIpc) is 3.03. The van der Waals surface area contributed by atoms with Crippen molar-refractivity contribution in [1.29, 1.82) is 0 Å². The molecular weight excluding hydrogens is 436 g/mol. The lowest BCUT2D eigenvalue weighted by molar-refractivity contribution is -0.155. The maximum absolute atomic E-state index is 14.2. The molecular formula is C26H28N2O6. The second-order valence-corrected chi connectivity index (χ2v) is 9.33. The molecule has 3 aliphatic heterocycles. The molecule has 0 radical (unpaired) electrons. The molecule has 0 saturated carbocycles. The van der Waals surface area contributed by atoms with Gasteiger partial charge in [-0.2, -0.15) is 0 Å². The Labute approximate surface area is 198 Å². The van der Waals surface area contributed by atoms with Crippen LogP contribution in [0.3, 0.4) is 0 Å². The van der Waals surface area contributed by atoms with Gasteiger partial charge < -0.3 is 24.4 Å². The number of nitrogens with one attached hydrogen (secondary N) is 1. The fourth-order valence-corrected chi connectivity index (χ4v) is 5.93. The number of methoxy groups -OCH3 is 1. The molecule has 3 heterocycles. The summed E-state index contributed by atoms with van der Waals surface area (Å²) in [6, 6.07) is 8.58. The first kappa shape index (κ1) is 22.3. The van der Waals surface area contributed by atoms with E-state index in [-0.39, 0.29) is 19.1 Å². The standard InChI is InChI=1S/C26H28N2O6/c1-6-33-24(30)21-17-12-34-19-11-15(32-5)7-8-16(19)22(17)28-23(29)20-14(3)9-13(2)10-18(20)27-25(31)26(21,28)4/h7-11,17,21-22H,6,12H2,1-5H3,(H,27,31)/t17-,21-,22+,26-/m1/s1. The van der Waals surface area contributed by atoms with Crippen LogP contribution < -0.4 is 14.8 Å². The summed E-state index contributed by atoms with van der Waals surface area (Å²) in [5.74, 6) is -1.36. The number of ether oxygens (including phenoxy) is 3. The van der Waals surface area contributed by atoms with Gasteiger partial charge in [0, 0.05) is 17.5 Å². The van der Waals surface area contributed by atoms with Gasteiger partial charge in [-0.3, -0.25) is 14.4 Å². The van der Waals surface area contributed by atoms with Gasteiger partial charge in [-0.15, -0.1) is 0 Å². The first-order valence-corrected chi connectivity index (χ1v) is 11.5. The van der Waals surface area contributed by atoms with Crippen molar-refractivity contribution < 1.29 is 28.6 Å². The first-order chi connectivity index (χ1) is 16.2. The second kappa shape index (κ2) is 7.75. The van der Waals surface area contributed by atoms with E-state index in [9.17, 15) is 14.4 Å². The zero-order valence-corrected chi connectivity index (χ0v) is 19.9. The topological polar surface area (TPSA) is 94.2 Å². The molecule has 0 aromatic heterocycles. The highest BCUT2D eigenvalue weighted by atomic mass is 16.5. The molecule has 2 aromatic rings. The number of benzene rings is 2. The quantitative estimate of drug-likeness (QED) is 0.700. The Hall–Kier alpha value is -3.55. The van der Waals surface area contributed by atoms with Crippen LogP contribution in [0.1, 0.15) is 46.9 Å². The van der Waals surface area contributed by atoms with Gasteiger partial charge in [0.2, 0.25) is 0 Å². The molecule has 1 saturated heterocycles. The number of nitrogens with zero attached hydrogens (tertiary/aromatic N) is 1. The predicted molar refractivity (Wildman–Crippen MR) is 124 cm³/mol. The van der Waals surface area contributed by atoms with E-state index < -0.39 is 35.3 Å². The van der Waals surface area contributed by atoms with Crippen molar-refractivity contribution in [3.8, 4) is 11.5 Å². The Morgan fingerprint density at radius 3 is 2.71 bits per heavy atom. The molecule has 5 rings (SSSR count). The number of carbonyl (C=O) groups excluding carboxylic acids is 3. The van der Waals surface area contributed by atoms with Crippen molar-refractivity contribution in [2.24, 2.45) is 11.8 Å². The fraction of sp³-hybridized carbons (Fsp3) is 0.423. The Morgan fingerprint density at radius 2 is 2.00 bits per heavy atom. The van der Waals surface area contributed by atoms with Gasteiger partial charge in [0.05, 0.1) is 43.5 Å². The summed E-state index contributed by atoms with van der Waals surface area (Å²) >= 11 is 0. The molecule has 1 fully saturated rings. The molecule has 1 N–H and O–H groups in total. The van der Waals surface area contributed by atoms with E-state index in [1.807, 2.05) is 26.0 Å². The van der Waals surface area contributed by atoms with Crippen LogP contribution in [-0.2, 0) is 14.3 Å². The van der Waals surface area contributed by atoms with Crippen LogP contribution in [0, 0.1) is 25.7 Å². The zero-order chi connectivity index (χ0) is 24.4. The lowest BCUT2D eigenvalue weighted by atomic mass is 9.77. The molecule has 2 amide bonds. The summed E-state index contributed by atoms with van der Waals surface area (Å²) in [5, 5.41) is 2.96. The first-order valence-electron chi connectivity index (χ1n) is 11.5. The third kappa shape index (κ3) is 2.94. The number of carbonyl (C=O) groups is 3. The van der Waals surface area contributed by atoms with Crippen LogP contribution in [0.2, 0.25) is 0 Å². The number of rotatable bonds is 3. The van der Waals surface area contributed by atoms with Gasteiger partial charge in [-0.25, -0.2) is 0 Å². The van der Waals surface area contributed by atoms with Crippen LogP contribution in [0.15, 0.2) is 30.3 Å². The number of aryl methyl sites for hydroxylation is 2. The maximum atomic E-state index is 14.2. The fourth-order valence-electron chi connectivity index (χ4n) is 5.93. The van der Waals surface area contributed by atoms with Crippen LogP contribution >= 0.6 is 0 Å². The van der Waals surface area contributed by atoms with Crippen molar-refractivity contribution in [3.63, 3.8) is 0 Å².